The van der Waals surface area contributed by atoms with Crippen LogP contribution >= 0.6 is 0 Å². The van der Waals surface area contributed by atoms with Crippen LogP contribution in [0.25, 0.3) is 0 Å². The van der Waals surface area contributed by atoms with E-state index < -0.39 is 0 Å². The molecule has 2 N–H and O–H groups in total. The maximum Gasteiger partial charge on any atom is 0.247 e. The van der Waals surface area contributed by atoms with Crippen LogP contribution in [0.15, 0.2) is 11.8 Å². The number of likely N-dealkylation sites (N-methyl/N-ethyl adjacent to an activating group) is 1. The lowest BCUT2D eigenvalue weighted by molar-refractivity contribution is -0.123. The van der Waals surface area contributed by atoms with Crippen molar-refractivity contribution >= 4 is 5.91 Å². The molecule has 3 heteroatoms. The number of carbonyl (C=O) groups excluding carboxylic acids is 1. The number of hydrogen-bond acceptors (Lipinski definition) is 2. The molecule has 0 unspecified atom stereocenters. The lowest BCUT2D eigenvalue weighted by atomic mass is 10.1. The largest absolute Gasteiger partial charge is 0.402 e. The zero-order valence-corrected chi connectivity index (χ0v) is 7.59. The monoisotopic (exact) mass is 156 g/mol. The molecule has 0 heterocycles. The summed E-state index contributed by atoms with van der Waals surface area (Å²) in [5.74, 6) is 0.176. The highest BCUT2D eigenvalue weighted by atomic mass is 16.2. The van der Waals surface area contributed by atoms with Crippen LogP contribution in [0, 0.1) is 5.92 Å². The Balaban J connectivity index is 4.20. The lowest BCUT2D eigenvalue weighted by Gasteiger charge is -2.09. The fraction of sp³-hybridized carbons (Fsp3) is 0.625. The van der Waals surface area contributed by atoms with Crippen molar-refractivity contribution in [3.8, 4) is 0 Å². The Bertz CT molecular complexity index is 171. The van der Waals surface area contributed by atoms with Crippen molar-refractivity contribution in [1.29, 1.82) is 0 Å². The Hall–Kier alpha value is -0.990. The van der Waals surface area contributed by atoms with Gasteiger partial charge in [0.15, 0.2) is 0 Å². The summed E-state index contributed by atoms with van der Waals surface area (Å²) in [6, 6.07) is 0. The maximum atomic E-state index is 11.0. The summed E-state index contributed by atoms with van der Waals surface area (Å²) in [7, 11) is 3.40. The average Bonchev–Trinajstić information content (AvgIpc) is 1.87. The summed E-state index contributed by atoms with van der Waals surface area (Å²) in [6.07, 6.45) is 1.46. The summed E-state index contributed by atoms with van der Waals surface area (Å²) in [5, 5.41) is 0. The zero-order valence-electron chi connectivity index (χ0n) is 7.59. The number of nitrogens with two attached hydrogens (primary N) is 1. The molecule has 0 saturated carbocycles. The van der Waals surface area contributed by atoms with Gasteiger partial charge in [-0.05, 0) is 5.92 Å². The van der Waals surface area contributed by atoms with Crippen LogP contribution in [0.5, 0.6) is 0 Å². The van der Waals surface area contributed by atoms with Gasteiger partial charge < -0.3 is 10.6 Å². The number of carbonyl (C=O) groups is 1. The Kier molecular flexibility index (Phi) is 3.65. The first-order valence-corrected chi connectivity index (χ1v) is 3.63. The maximum absolute atomic E-state index is 11.0. The Labute approximate surface area is 67.9 Å². The van der Waals surface area contributed by atoms with Gasteiger partial charge in [0, 0.05) is 25.9 Å². The Morgan fingerprint density at radius 1 is 1.45 bits per heavy atom. The molecule has 0 radical (unpaired) electrons. The Morgan fingerprint density at radius 2 is 1.91 bits per heavy atom. The molecule has 0 aliphatic heterocycles. The van der Waals surface area contributed by atoms with Gasteiger partial charge in [-0.25, -0.2) is 0 Å². The first kappa shape index (κ1) is 10.0. The molecule has 64 valence electrons. The van der Waals surface area contributed by atoms with Crippen molar-refractivity contribution < 1.29 is 4.79 Å². The van der Waals surface area contributed by atoms with Gasteiger partial charge in [-0.1, -0.05) is 13.8 Å². The van der Waals surface area contributed by atoms with Crippen molar-refractivity contribution in [3.63, 3.8) is 0 Å². The molecule has 1 amide bonds. The molecule has 0 bridgehead atoms. The summed E-state index contributed by atoms with van der Waals surface area (Å²) < 4.78 is 0. The second kappa shape index (κ2) is 4.01. The molecule has 0 aromatic heterocycles. The molecule has 0 aliphatic rings. The predicted octanol–water partition coefficient (Wildman–Crippen LogP) is 0.573. The standard InChI is InChI=1S/C8H16N2O/c1-6(2)7(9)5-8(11)10(3)4/h5-6H,9H2,1-4H3/b7-5-. The summed E-state index contributed by atoms with van der Waals surface area (Å²) in [6.45, 7) is 3.91. The zero-order chi connectivity index (χ0) is 9.02. The normalized spacial score (nSPS) is 11.9. The van der Waals surface area contributed by atoms with E-state index in [2.05, 4.69) is 0 Å². The topological polar surface area (TPSA) is 46.3 Å². The van der Waals surface area contributed by atoms with Crippen LogP contribution in [0.2, 0.25) is 0 Å². The van der Waals surface area contributed by atoms with Crippen LogP contribution in [-0.4, -0.2) is 24.9 Å². The van der Waals surface area contributed by atoms with Crippen LogP contribution in [-0.2, 0) is 4.79 Å². The highest BCUT2D eigenvalue weighted by molar-refractivity contribution is 5.87. The molecule has 0 aromatic carbocycles. The van der Waals surface area contributed by atoms with Crippen LogP contribution in [0.3, 0.4) is 0 Å². The smallest absolute Gasteiger partial charge is 0.247 e. The fourth-order valence-corrected chi connectivity index (χ4v) is 0.438. The summed E-state index contributed by atoms with van der Waals surface area (Å²) in [5.41, 5.74) is 6.20. The highest BCUT2D eigenvalue weighted by Gasteiger charge is 2.02. The minimum atomic E-state index is -0.0591. The van der Waals surface area contributed by atoms with Crippen molar-refractivity contribution in [2.45, 2.75) is 13.8 Å². The average molecular weight is 156 g/mol. The van der Waals surface area contributed by atoms with Crippen LogP contribution in [0.1, 0.15) is 13.8 Å². The molecular weight excluding hydrogens is 140 g/mol. The number of amides is 1. The number of allylic oxidation sites excluding steroid dienone is 1. The molecule has 0 rings (SSSR count). The van der Waals surface area contributed by atoms with Crippen molar-refractivity contribution in [2.24, 2.45) is 11.7 Å². The molecular formula is C8H16N2O. The highest BCUT2D eigenvalue weighted by Crippen LogP contribution is 2.01. The second-order valence-corrected chi connectivity index (χ2v) is 3.03. The van der Waals surface area contributed by atoms with Gasteiger partial charge in [0.05, 0.1) is 0 Å². The molecule has 0 aliphatic carbocycles. The molecule has 0 fully saturated rings. The van der Waals surface area contributed by atoms with Gasteiger partial charge in [-0.15, -0.1) is 0 Å². The molecule has 11 heavy (non-hydrogen) atoms. The minimum absolute atomic E-state index is 0.0591. The van der Waals surface area contributed by atoms with E-state index in [1.54, 1.807) is 14.1 Å². The third kappa shape index (κ3) is 3.65. The number of nitrogens with zero attached hydrogens (tertiary/aromatic N) is 1. The fourth-order valence-electron chi connectivity index (χ4n) is 0.438. The number of hydrogen-bond donors (Lipinski definition) is 1. The van der Waals surface area contributed by atoms with Gasteiger partial charge in [0.2, 0.25) is 5.91 Å². The van der Waals surface area contributed by atoms with E-state index in [9.17, 15) is 4.79 Å². The van der Waals surface area contributed by atoms with Crippen LogP contribution < -0.4 is 5.73 Å². The SMILES string of the molecule is CC(C)/C(N)=C/C(=O)N(C)C. The van der Waals surface area contributed by atoms with Crippen LogP contribution in [0.4, 0.5) is 0 Å². The van der Waals surface area contributed by atoms with E-state index in [1.165, 1.54) is 11.0 Å². The summed E-state index contributed by atoms with van der Waals surface area (Å²) in [4.78, 5) is 12.5. The van der Waals surface area contributed by atoms with Crippen molar-refractivity contribution in [3.05, 3.63) is 11.8 Å². The molecule has 0 atom stereocenters. The van der Waals surface area contributed by atoms with Gasteiger partial charge in [-0.3, -0.25) is 4.79 Å². The van der Waals surface area contributed by atoms with E-state index in [1.807, 2.05) is 13.8 Å². The first-order valence-electron chi connectivity index (χ1n) is 3.63. The molecule has 0 spiro atoms. The first-order chi connectivity index (χ1) is 4.95. The molecule has 0 aromatic rings. The van der Waals surface area contributed by atoms with Gasteiger partial charge in [-0.2, -0.15) is 0 Å². The molecule has 3 nitrogen and oxygen atoms in total. The van der Waals surface area contributed by atoms with E-state index in [-0.39, 0.29) is 11.8 Å². The lowest BCUT2D eigenvalue weighted by Crippen LogP contribution is -2.21. The van der Waals surface area contributed by atoms with E-state index in [0.717, 1.165) is 0 Å². The quantitative estimate of drug-likeness (QED) is 0.594. The van der Waals surface area contributed by atoms with E-state index >= 15 is 0 Å². The van der Waals surface area contributed by atoms with Gasteiger partial charge in [0.25, 0.3) is 0 Å². The third-order valence-corrected chi connectivity index (χ3v) is 1.40. The van der Waals surface area contributed by atoms with Crippen molar-refractivity contribution in [2.75, 3.05) is 14.1 Å². The predicted molar refractivity (Wildman–Crippen MR) is 45.8 cm³/mol. The Morgan fingerprint density at radius 3 is 2.18 bits per heavy atom. The van der Waals surface area contributed by atoms with E-state index in [0.29, 0.717) is 5.70 Å². The molecule has 0 saturated heterocycles. The van der Waals surface area contributed by atoms with Gasteiger partial charge >= 0.3 is 0 Å². The third-order valence-electron chi connectivity index (χ3n) is 1.40. The summed E-state index contributed by atoms with van der Waals surface area (Å²) >= 11 is 0. The van der Waals surface area contributed by atoms with E-state index in [4.69, 9.17) is 5.73 Å². The number of rotatable bonds is 2. The van der Waals surface area contributed by atoms with Crippen molar-refractivity contribution in [1.82, 2.24) is 4.90 Å². The minimum Gasteiger partial charge on any atom is -0.402 e. The van der Waals surface area contributed by atoms with Gasteiger partial charge in [0.1, 0.15) is 0 Å². The second-order valence-electron chi connectivity index (χ2n) is 3.03.